The Morgan fingerprint density at radius 1 is 1.50 bits per heavy atom. The van der Waals surface area contributed by atoms with Gasteiger partial charge in [-0.15, -0.1) is 0 Å². The van der Waals surface area contributed by atoms with Gasteiger partial charge in [0, 0.05) is 17.8 Å². The first-order valence-electron chi connectivity index (χ1n) is 4.90. The molecular formula is C10H19NO2S. The highest BCUT2D eigenvalue weighted by Gasteiger charge is 2.34. The molecule has 0 radical (unpaired) electrons. The van der Waals surface area contributed by atoms with Crippen LogP contribution in [-0.2, 0) is 4.74 Å². The van der Waals surface area contributed by atoms with Crippen LogP contribution in [0.2, 0.25) is 0 Å². The molecule has 0 spiro atoms. The molecule has 0 unspecified atom stereocenters. The number of hydrogen-bond acceptors (Lipinski definition) is 3. The molecule has 1 aliphatic heterocycles. The molecule has 1 atom stereocenters. The molecule has 14 heavy (non-hydrogen) atoms. The quantitative estimate of drug-likeness (QED) is 0.631. The van der Waals surface area contributed by atoms with Gasteiger partial charge in [0.25, 0.3) is 0 Å². The van der Waals surface area contributed by atoms with E-state index in [0.29, 0.717) is 6.54 Å². The molecule has 0 aromatic carbocycles. The molecule has 1 fully saturated rings. The third-order valence-corrected chi connectivity index (χ3v) is 2.47. The number of ether oxygens (including phenoxy) is 1. The lowest BCUT2D eigenvalue weighted by molar-refractivity contribution is 0.0291. The Morgan fingerprint density at radius 2 is 2.07 bits per heavy atom. The SMILES string of the molecule is CC(C)(C)OC(=O)N1CC[C@](C)(S)C1. The Balaban J connectivity index is 2.48. The van der Waals surface area contributed by atoms with E-state index < -0.39 is 5.60 Å². The van der Waals surface area contributed by atoms with Gasteiger partial charge in [-0.25, -0.2) is 4.79 Å². The van der Waals surface area contributed by atoms with Gasteiger partial charge in [-0.2, -0.15) is 12.6 Å². The highest BCUT2D eigenvalue weighted by molar-refractivity contribution is 7.81. The summed E-state index contributed by atoms with van der Waals surface area (Å²) >= 11 is 4.46. The van der Waals surface area contributed by atoms with Crippen molar-refractivity contribution in [2.24, 2.45) is 0 Å². The number of thiol groups is 1. The fourth-order valence-electron chi connectivity index (χ4n) is 1.43. The topological polar surface area (TPSA) is 29.5 Å². The van der Waals surface area contributed by atoms with Crippen LogP contribution in [0.4, 0.5) is 4.79 Å². The van der Waals surface area contributed by atoms with Gasteiger partial charge in [0.2, 0.25) is 0 Å². The fraction of sp³-hybridized carbons (Fsp3) is 0.900. The maximum Gasteiger partial charge on any atom is 0.410 e. The molecule has 0 aromatic rings. The summed E-state index contributed by atoms with van der Waals surface area (Å²) in [5.74, 6) is 0. The van der Waals surface area contributed by atoms with Crippen molar-refractivity contribution < 1.29 is 9.53 Å². The van der Waals surface area contributed by atoms with Gasteiger partial charge in [-0.05, 0) is 34.1 Å². The first-order valence-corrected chi connectivity index (χ1v) is 5.35. The van der Waals surface area contributed by atoms with Gasteiger partial charge in [0.1, 0.15) is 5.60 Å². The molecular weight excluding hydrogens is 198 g/mol. The molecule has 0 saturated carbocycles. The number of hydrogen-bond donors (Lipinski definition) is 1. The van der Waals surface area contributed by atoms with Crippen LogP contribution in [0, 0.1) is 0 Å². The van der Waals surface area contributed by atoms with Crippen molar-refractivity contribution in [3.63, 3.8) is 0 Å². The average molecular weight is 217 g/mol. The lowest BCUT2D eigenvalue weighted by atomic mass is 10.1. The molecule has 1 saturated heterocycles. The first kappa shape index (κ1) is 11.7. The Hall–Kier alpha value is -0.380. The second-order valence-electron chi connectivity index (χ2n) is 5.15. The first-order chi connectivity index (χ1) is 6.20. The van der Waals surface area contributed by atoms with Crippen molar-refractivity contribution in [2.45, 2.75) is 44.5 Å². The summed E-state index contributed by atoms with van der Waals surface area (Å²) in [4.78, 5) is 13.3. The van der Waals surface area contributed by atoms with E-state index in [4.69, 9.17) is 4.74 Å². The third kappa shape index (κ3) is 3.40. The summed E-state index contributed by atoms with van der Waals surface area (Å²) in [6, 6.07) is 0. The lowest BCUT2D eigenvalue weighted by Crippen LogP contribution is -2.36. The highest BCUT2D eigenvalue weighted by atomic mass is 32.1. The molecule has 82 valence electrons. The Labute approximate surface area is 91.2 Å². The van der Waals surface area contributed by atoms with Crippen LogP contribution >= 0.6 is 12.6 Å². The van der Waals surface area contributed by atoms with Gasteiger partial charge in [0.05, 0.1) is 0 Å². The monoisotopic (exact) mass is 217 g/mol. The maximum absolute atomic E-state index is 11.6. The Bertz CT molecular complexity index is 233. The third-order valence-electron chi connectivity index (χ3n) is 2.10. The molecule has 0 aliphatic carbocycles. The zero-order valence-electron chi connectivity index (χ0n) is 9.33. The molecule has 0 aromatic heterocycles. The molecule has 0 N–H and O–H groups in total. The zero-order valence-corrected chi connectivity index (χ0v) is 10.2. The van der Waals surface area contributed by atoms with E-state index in [-0.39, 0.29) is 10.8 Å². The molecule has 1 rings (SSSR count). The molecule has 0 bridgehead atoms. The van der Waals surface area contributed by atoms with E-state index in [2.05, 4.69) is 12.6 Å². The van der Waals surface area contributed by atoms with E-state index >= 15 is 0 Å². The largest absolute Gasteiger partial charge is 0.444 e. The smallest absolute Gasteiger partial charge is 0.410 e. The fourth-order valence-corrected chi connectivity index (χ4v) is 1.70. The van der Waals surface area contributed by atoms with E-state index in [1.165, 1.54) is 0 Å². The van der Waals surface area contributed by atoms with Gasteiger partial charge in [0.15, 0.2) is 0 Å². The van der Waals surface area contributed by atoms with Crippen LogP contribution in [0.5, 0.6) is 0 Å². The summed E-state index contributed by atoms with van der Waals surface area (Å²) in [5.41, 5.74) is -0.410. The van der Waals surface area contributed by atoms with Crippen LogP contribution in [-0.4, -0.2) is 34.4 Å². The molecule has 1 aliphatic rings. The summed E-state index contributed by atoms with van der Waals surface area (Å²) in [6.45, 7) is 9.09. The van der Waals surface area contributed by atoms with Gasteiger partial charge in [-0.1, -0.05) is 0 Å². The number of nitrogens with zero attached hydrogens (tertiary/aromatic N) is 1. The Morgan fingerprint density at radius 3 is 2.43 bits per heavy atom. The molecule has 1 amide bonds. The van der Waals surface area contributed by atoms with Gasteiger partial charge < -0.3 is 9.64 Å². The second-order valence-corrected chi connectivity index (χ2v) is 6.23. The van der Waals surface area contributed by atoms with Crippen molar-refractivity contribution in [1.82, 2.24) is 4.90 Å². The number of likely N-dealkylation sites (tertiary alicyclic amines) is 1. The van der Waals surface area contributed by atoms with Crippen molar-refractivity contribution in [1.29, 1.82) is 0 Å². The predicted octanol–water partition coefficient (Wildman–Crippen LogP) is 2.32. The van der Waals surface area contributed by atoms with Crippen LogP contribution in [0.1, 0.15) is 34.1 Å². The predicted molar refractivity (Wildman–Crippen MR) is 59.8 cm³/mol. The molecule has 1 heterocycles. The maximum atomic E-state index is 11.6. The number of rotatable bonds is 0. The Kier molecular flexibility index (Phi) is 3.04. The normalized spacial score (nSPS) is 27.9. The zero-order chi connectivity index (χ0) is 11.0. The average Bonchev–Trinajstić information content (AvgIpc) is 2.26. The minimum atomic E-state index is -0.410. The van der Waals surface area contributed by atoms with Crippen molar-refractivity contribution >= 4 is 18.7 Å². The number of amides is 1. The summed E-state index contributed by atoms with van der Waals surface area (Å²) in [5, 5.41) is 0. The highest BCUT2D eigenvalue weighted by Crippen LogP contribution is 2.27. The van der Waals surface area contributed by atoms with E-state index in [9.17, 15) is 4.79 Å². The van der Waals surface area contributed by atoms with Crippen LogP contribution in [0.25, 0.3) is 0 Å². The van der Waals surface area contributed by atoms with Crippen LogP contribution < -0.4 is 0 Å². The van der Waals surface area contributed by atoms with Crippen molar-refractivity contribution in [3.05, 3.63) is 0 Å². The van der Waals surface area contributed by atoms with Gasteiger partial charge >= 0.3 is 6.09 Å². The molecule has 3 nitrogen and oxygen atoms in total. The minimum Gasteiger partial charge on any atom is -0.444 e. The van der Waals surface area contributed by atoms with E-state index in [1.807, 2.05) is 27.7 Å². The van der Waals surface area contributed by atoms with E-state index in [1.54, 1.807) is 4.90 Å². The molecule has 4 heteroatoms. The number of carbonyl (C=O) groups is 1. The minimum absolute atomic E-state index is 0.0586. The summed E-state index contributed by atoms with van der Waals surface area (Å²) in [7, 11) is 0. The van der Waals surface area contributed by atoms with E-state index in [0.717, 1.165) is 13.0 Å². The summed E-state index contributed by atoms with van der Waals surface area (Å²) in [6.07, 6.45) is 0.699. The standard InChI is InChI=1S/C10H19NO2S/c1-9(2,3)13-8(12)11-6-5-10(4,14)7-11/h14H,5-7H2,1-4H3/t10-/m0/s1. The van der Waals surface area contributed by atoms with Crippen LogP contribution in [0.15, 0.2) is 0 Å². The van der Waals surface area contributed by atoms with Gasteiger partial charge in [-0.3, -0.25) is 0 Å². The second kappa shape index (κ2) is 3.65. The lowest BCUT2D eigenvalue weighted by Gasteiger charge is -2.25. The number of carbonyl (C=O) groups excluding carboxylic acids is 1. The van der Waals surface area contributed by atoms with Crippen molar-refractivity contribution in [2.75, 3.05) is 13.1 Å². The van der Waals surface area contributed by atoms with Crippen molar-refractivity contribution in [3.8, 4) is 0 Å². The van der Waals surface area contributed by atoms with Crippen LogP contribution in [0.3, 0.4) is 0 Å². The summed E-state index contributed by atoms with van der Waals surface area (Å²) < 4.78 is 5.21.